The van der Waals surface area contributed by atoms with Gasteiger partial charge in [0.25, 0.3) is 0 Å². The third kappa shape index (κ3) is 1.37. The number of hydrogen-bond donors (Lipinski definition) is 1. The molecule has 94 valence electrons. The number of fused-ring (bicyclic) bond motifs is 1. The lowest BCUT2D eigenvalue weighted by Gasteiger charge is -2.54. The summed E-state index contributed by atoms with van der Waals surface area (Å²) in [5.74, 6) is 0.536. The van der Waals surface area contributed by atoms with Gasteiger partial charge in [-0.1, -0.05) is 31.2 Å². The molecule has 2 aliphatic rings. The molecule has 1 saturated carbocycles. The molecule has 1 atom stereocenters. The monoisotopic (exact) mass is 241 g/mol. The molecule has 0 amide bonds. The molecule has 1 unspecified atom stereocenters. The lowest BCUT2D eigenvalue weighted by Crippen LogP contribution is -2.59. The van der Waals surface area contributed by atoms with E-state index in [9.17, 15) is 10.4 Å². The molecule has 2 nitrogen and oxygen atoms in total. The van der Waals surface area contributed by atoms with Crippen molar-refractivity contribution in [1.82, 2.24) is 0 Å². The number of nitrogens with zero attached hydrogens (tertiary/aromatic N) is 1. The summed E-state index contributed by atoms with van der Waals surface area (Å²) in [4.78, 5) is 0. The van der Waals surface area contributed by atoms with Gasteiger partial charge >= 0.3 is 0 Å². The summed E-state index contributed by atoms with van der Waals surface area (Å²) >= 11 is 0. The molecule has 0 radical (unpaired) electrons. The van der Waals surface area contributed by atoms with Crippen LogP contribution in [0.5, 0.6) is 0 Å². The van der Waals surface area contributed by atoms with Crippen molar-refractivity contribution in [3.05, 3.63) is 35.4 Å². The van der Waals surface area contributed by atoms with E-state index in [1.165, 1.54) is 5.56 Å². The highest BCUT2D eigenvalue weighted by Gasteiger charge is 2.58. The fraction of sp³-hybridized carbons (Fsp3) is 0.562. The molecule has 0 bridgehead atoms. The lowest BCUT2D eigenvalue weighted by atomic mass is 9.52. The summed E-state index contributed by atoms with van der Waals surface area (Å²) in [6.45, 7) is 2.15. The van der Waals surface area contributed by atoms with E-state index in [2.05, 4.69) is 19.1 Å². The summed E-state index contributed by atoms with van der Waals surface area (Å²) in [5.41, 5.74) is 0.845. The topological polar surface area (TPSA) is 44.0 Å². The van der Waals surface area contributed by atoms with Gasteiger partial charge in [0.05, 0.1) is 11.7 Å². The van der Waals surface area contributed by atoms with Gasteiger partial charge in [0, 0.05) is 0 Å². The summed E-state index contributed by atoms with van der Waals surface area (Å²) < 4.78 is 0. The van der Waals surface area contributed by atoms with Gasteiger partial charge in [0.2, 0.25) is 0 Å². The van der Waals surface area contributed by atoms with Gasteiger partial charge in [0.15, 0.2) is 0 Å². The fourth-order valence-electron chi connectivity index (χ4n) is 3.98. The largest absolute Gasteiger partial charge is 0.388 e. The van der Waals surface area contributed by atoms with Gasteiger partial charge < -0.3 is 5.11 Å². The van der Waals surface area contributed by atoms with Crippen LogP contribution in [0.25, 0.3) is 0 Å². The summed E-state index contributed by atoms with van der Waals surface area (Å²) in [6.07, 6.45) is 4.35. The van der Waals surface area contributed by atoms with Crippen LogP contribution in [0.1, 0.15) is 43.7 Å². The van der Waals surface area contributed by atoms with Crippen LogP contribution in [0.3, 0.4) is 0 Å². The van der Waals surface area contributed by atoms with Crippen molar-refractivity contribution >= 4 is 0 Å². The highest BCUT2D eigenvalue weighted by Crippen LogP contribution is 2.54. The van der Waals surface area contributed by atoms with Gasteiger partial charge in [-0.3, -0.25) is 0 Å². The maximum absolute atomic E-state index is 10.9. The van der Waals surface area contributed by atoms with Crippen molar-refractivity contribution in [1.29, 1.82) is 5.26 Å². The van der Waals surface area contributed by atoms with Crippen molar-refractivity contribution in [3.63, 3.8) is 0 Å². The van der Waals surface area contributed by atoms with Gasteiger partial charge in [-0.05, 0) is 49.1 Å². The van der Waals surface area contributed by atoms with E-state index in [0.29, 0.717) is 5.92 Å². The Morgan fingerprint density at radius 3 is 2.72 bits per heavy atom. The number of aliphatic hydroxyl groups is 1. The molecule has 1 aromatic rings. The first-order valence-electron chi connectivity index (χ1n) is 6.83. The molecule has 0 spiro atoms. The van der Waals surface area contributed by atoms with Crippen LogP contribution < -0.4 is 0 Å². The molecule has 1 N–H and O–H groups in total. The first-order chi connectivity index (χ1) is 8.61. The minimum absolute atomic E-state index is 0.536. The zero-order valence-corrected chi connectivity index (χ0v) is 10.8. The number of benzene rings is 1. The number of nitriles is 1. The van der Waals surface area contributed by atoms with Crippen molar-refractivity contribution < 1.29 is 5.11 Å². The second kappa shape index (κ2) is 3.83. The van der Waals surface area contributed by atoms with Gasteiger partial charge in [-0.25, -0.2) is 0 Å². The molecule has 3 rings (SSSR count). The number of rotatable bonds is 1. The van der Waals surface area contributed by atoms with E-state index in [-0.39, 0.29) is 0 Å². The Bertz CT molecular complexity index is 510. The van der Waals surface area contributed by atoms with E-state index in [0.717, 1.165) is 37.7 Å². The second-order valence-corrected chi connectivity index (χ2v) is 6.07. The molecular weight excluding hydrogens is 222 g/mol. The van der Waals surface area contributed by atoms with E-state index >= 15 is 0 Å². The van der Waals surface area contributed by atoms with Crippen LogP contribution in [0.15, 0.2) is 24.3 Å². The normalized spacial score (nSPS) is 38.4. The minimum Gasteiger partial charge on any atom is -0.388 e. The van der Waals surface area contributed by atoms with E-state index in [1.807, 2.05) is 18.2 Å². The first kappa shape index (κ1) is 11.7. The molecule has 0 aliphatic heterocycles. The third-order valence-electron chi connectivity index (χ3n) is 4.83. The standard InChI is InChI=1S/C16H19NO/c1-12-9-16(18,10-12)15(11-17)8-4-6-13-5-2-3-7-14(13)15/h2-3,5,7,12,18H,4,6,8-10H2,1H3. The SMILES string of the molecule is CC1CC(O)(C2(C#N)CCCc3ccccc32)C1. The molecule has 0 aromatic heterocycles. The molecule has 1 fully saturated rings. The van der Waals surface area contributed by atoms with Gasteiger partial charge in [0.1, 0.15) is 5.41 Å². The van der Waals surface area contributed by atoms with Crippen LogP contribution in [-0.4, -0.2) is 10.7 Å². The highest BCUT2D eigenvalue weighted by molar-refractivity contribution is 5.46. The molecular formula is C16H19NO. The fourth-order valence-corrected chi connectivity index (χ4v) is 3.98. The molecule has 2 aliphatic carbocycles. The molecule has 2 heteroatoms. The predicted octanol–water partition coefficient (Wildman–Crippen LogP) is 2.95. The van der Waals surface area contributed by atoms with Crippen molar-refractivity contribution in [2.75, 3.05) is 0 Å². The third-order valence-corrected chi connectivity index (χ3v) is 4.83. The van der Waals surface area contributed by atoms with Gasteiger partial charge in [-0.15, -0.1) is 0 Å². The second-order valence-electron chi connectivity index (χ2n) is 6.07. The molecule has 1 aromatic carbocycles. The Morgan fingerprint density at radius 2 is 2.06 bits per heavy atom. The van der Waals surface area contributed by atoms with Crippen LogP contribution >= 0.6 is 0 Å². The molecule has 0 saturated heterocycles. The molecule has 18 heavy (non-hydrogen) atoms. The minimum atomic E-state index is -0.808. The van der Waals surface area contributed by atoms with Crippen LogP contribution in [0.2, 0.25) is 0 Å². The van der Waals surface area contributed by atoms with Crippen molar-refractivity contribution in [2.45, 2.75) is 50.0 Å². The average Bonchev–Trinajstić information content (AvgIpc) is 2.36. The lowest BCUT2D eigenvalue weighted by molar-refractivity contribution is -0.116. The van der Waals surface area contributed by atoms with Crippen molar-refractivity contribution in [2.24, 2.45) is 5.92 Å². The van der Waals surface area contributed by atoms with Crippen molar-refractivity contribution in [3.8, 4) is 6.07 Å². The predicted molar refractivity (Wildman–Crippen MR) is 70.0 cm³/mol. The summed E-state index contributed by atoms with van der Waals surface area (Å²) in [6, 6.07) is 10.6. The zero-order valence-electron chi connectivity index (χ0n) is 10.8. The van der Waals surface area contributed by atoms with E-state index in [1.54, 1.807) is 0 Å². The number of aryl methyl sites for hydroxylation is 1. The quantitative estimate of drug-likeness (QED) is 0.821. The maximum atomic E-state index is 10.9. The Kier molecular flexibility index (Phi) is 2.50. The maximum Gasteiger partial charge on any atom is 0.111 e. The Hall–Kier alpha value is -1.33. The molecule has 0 heterocycles. The van der Waals surface area contributed by atoms with E-state index in [4.69, 9.17) is 0 Å². The van der Waals surface area contributed by atoms with Crippen LogP contribution in [-0.2, 0) is 11.8 Å². The highest BCUT2D eigenvalue weighted by atomic mass is 16.3. The van der Waals surface area contributed by atoms with Crippen LogP contribution in [0.4, 0.5) is 0 Å². The average molecular weight is 241 g/mol. The van der Waals surface area contributed by atoms with Gasteiger partial charge in [-0.2, -0.15) is 5.26 Å². The number of hydrogen-bond acceptors (Lipinski definition) is 2. The first-order valence-corrected chi connectivity index (χ1v) is 6.83. The van der Waals surface area contributed by atoms with Crippen LogP contribution in [0, 0.1) is 17.2 Å². The Balaban J connectivity index is 2.12. The van der Waals surface area contributed by atoms with E-state index < -0.39 is 11.0 Å². The Morgan fingerprint density at radius 1 is 1.33 bits per heavy atom. The zero-order chi connectivity index (χ0) is 12.8. The summed E-state index contributed by atoms with van der Waals surface area (Å²) in [5, 5.41) is 20.6. The smallest absolute Gasteiger partial charge is 0.111 e. The Labute approximate surface area is 108 Å². The summed E-state index contributed by atoms with van der Waals surface area (Å²) in [7, 11) is 0.